The van der Waals surface area contributed by atoms with Crippen LogP contribution in [0.5, 0.6) is 5.75 Å². The highest BCUT2D eigenvalue weighted by atomic mass is 127. The quantitative estimate of drug-likeness (QED) is 0.378. The van der Waals surface area contributed by atoms with Crippen molar-refractivity contribution in [2.75, 3.05) is 13.1 Å². The van der Waals surface area contributed by atoms with E-state index in [-0.39, 0.29) is 30.1 Å². The van der Waals surface area contributed by atoms with Gasteiger partial charge in [0.25, 0.3) is 0 Å². The molecule has 0 bridgehead atoms. The van der Waals surface area contributed by atoms with Crippen LogP contribution in [0.25, 0.3) is 0 Å². The highest BCUT2D eigenvalue weighted by Gasteiger charge is 2.06. The van der Waals surface area contributed by atoms with E-state index in [0.717, 1.165) is 24.1 Å². The molecule has 2 aromatic rings. The first-order valence-corrected chi connectivity index (χ1v) is 8.17. The van der Waals surface area contributed by atoms with Crippen molar-refractivity contribution < 1.29 is 4.74 Å². The fourth-order valence-corrected chi connectivity index (χ4v) is 2.09. The van der Waals surface area contributed by atoms with Crippen LogP contribution in [-0.2, 0) is 13.6 Å². The molecule has 0 amide bonds. The second-order valence-electron chi connectivity index (χ2n) is 5.62. The predicted molar refractivity (Wildman–Crippen MR) is 111 cm³/mol. The van der Waals surface area contributed by atoms with Gasteiger partial charge >= 0.3 is 0 Å². The second-order valence-corrected chi connectivity index (χ2v) is 5.62. The van der Waals surface area contributed by atoms with E-state index in [1.54, 1.807) is 4.68 Å². The second kappa shape index (κ2) is 10.9. The fourth-order valence-electron chi connectivity index (χ4n) is 2.09. The van der Waals surface area contributed by atoms with E-state index in [4.69, 9.17) is 4.74 Å². The van der Waals surface area contributed by atoms with Crippen molar-refractivity contribution in [3.63, 3.8) is 0 Å². The first-order valence-electron chi connectivity index (χ1n) is 8.17. The average molecular weight is 458 g/mol. The number of guanidine groups is 1. The summed E-state index contributed by atoms with van der Waals surface area (Å²) in [5.41, 5.74) is 1.22. The Hall–Kier alpha value is -1.84. The molecule has 0 radical (unpaired) electrons. The normalized spacial score (nSPS) is 12.2. The van der Waals surface area contributed by atoms with Crippen molar-refractivity contribution in [2.24, 2.45) is 12.0 Å². The van der Waals surface area contributed by atoms with Gasteiger partial charge in [0.15, 0.2) is 5.96 Å². The van der Waals surface area contributed by atoms with Crippen LogP contribution in [0.3, 0.4) is 0 Å². The first-order chi connectivity index (χ1) is 11.6. The smallest absolute Gasteiger partial charge is 0.191 e. The molecule has 8 heteroatoms. The molecule has 1 aromatic carbocycles. The van der Waals surface area contributed by atoms with Crippen molar-refractivity contribution in [2.45, 2.75) is 33.4 Å². The number of benzene rings is 1. The minimum Gasteiger partial charge on any atom is -0.489 e. The molecule has 2 N–H and O–H groups in total. The summed E-state index contributed by atoms with van der Waals surface area (Å²) < 4.78 is 7.61. The van der Waals surface area contributed by atoms with E-state index in [1.807, 2.05) is 45.2 Å². The molecule has 0 spiro atoms. The van der Waals surface area contributed by atoms with E-state index in [9.17, 15) is 0 Å². The summed E-state index contributed by atoms with van der Waals surface area (Å²) in [6.45, 7) is 8.03. The lowest BCUT2D eigenvalue weighted by atomic mass is 10.2. The zero-order chi connectivity index (χ0) is 17.4. The number of nitrogens with one attached hydrogen (secondary N) is 2. The average Bonchev–Trinajstić information content (AvgIpc) is 2.97. The van der Waals surface area contributed by atoms with Gasteiger partial charge in [-0.05, 0) is 32.9 Å². The fraction of sp³-hybridized carbons (Fsp3) is 0.471. The molecule has 0 aliphatic carbocycles. The molecule has 1 heterocycles. The standard InChI is InChI=1S/C17H26N6O.HI/c1-5-18-17(20-11-16-21-12-22-23(16)4)19-10-14(3)24-15-8-6-13(2)7-9-15;/h6-9,12,14H,5,10-11H2,1-4H3,(H2,18,19,20);1H. The molecule has 25 heavy (non-hydrogen) atoms. The lowest BCUT2D eigenvalue weighted by Crippen LogP contribution is -2.41. The summed E-state index contributed by atoms with van der Waals surface area (Å²) in [6.07, 6.45) is 1.55. The van der Waals surface area contributed by atoms with Gasteiger partial charge in [0.05, 0.1) is 6.54 Å². The van der Waals surface area contributed by atoms with Gasteiger partial charge in [-0.25, -0.2) is 9.98 Å². The minimum atomic E-state index is 0. The zero-order valence-electron chi connectivity index (χ0n) is 15.2. The Morgan fingerprint density at radius 1 is 1.28 bits per heavy atom. The maximum absolute atomic E-state index is 5.90. The SMILES string of the molecule is CCNC(=NCc1ncnn1C)NCC(C)Oc1ccc(C)cc1.I. The summed E-state index contributed by atoms with van der Waals surface area (Å²) in [5.74, 6) is 2.42. The molecule has 138 valence electrons. The van der Waals surface area contributed by atoms with Crippen molar-refractivity contribution in [3.8, 4) is 5.75 Å². The van der Waals surface area contributed by atoms with E-state index in [1.165, 1.54) is 11.9 Å². The molecule has 0 aliphatic heterocycles. The number of halogens is 1. The Morgan fingerprint density at radius 2 is 2.00 bits per heavy atom. The van der Waals surface area contributed by atoms with Crippen LogP contribution in [-0.4, -0.2) is 39.9 Å². The van der Waals surface area contributed by atoms with Gasteiger partial charge < -0.3 is 15.4 Å². The van der Waals surface area contributed by atoms with Gasteiger partial charge in [0, 0.05) is 13.6 Å². The van der Waals surface area contributed by atoms with Crippen molar-refractivity contribution in [1.29, 1.82) is 0 Å². The van der Waals surface area contributed by atoms with Gasteiger partial charge in [0.1, 0.15) is 30.5 Å². The molecule has 0 fully saturated rings. The van der Waals surface area contributed by atoms with Gasteiger partial charge in [-0.2, -0.15) is 5.10 Å². The van der Waals surface area contributed by atoms with Gasteiger partial charge in [-0.3, -0.25) is 4.68 Å². The van der Waals surface area contributed by atoms with Crippen LogP contribution in [0.2, 0.25) is 0 Å². The maximum Gasteiger partial charge on any atom is 0.191 e. The lowest BCUT2D eigenvalue weighted by Gasteiger charge is -2.17. The number of ether oxygens (including phenoxy) is 1. The molecule has 1 unspecified atom stereocenters. The Labute approximate surface area is 166 Å². The van der Waals surface area contributed by atoms with Crippen LogP contribution in [0.1, 0.15) is 25.2 Å². The van der Waals surface area contributed by atoms with Crippen LogP contribution < -0.4 is 15.4 Å². The molecular weight excluding hydrogens is 431 g/mol. The number of rotatable bonds is 7. The monoisotopic (exact) mass is 458 g/mol. The Morgan fingerprint density at radius 3 is 2.60 bits per heavy atom. The van der Waals surface area contributed by atoms with Gasteiger partial charge in [-0.1, -0.05) is 17.7 Å². The number of hydrogen-bond acceptors (Lipinski definition) is 4. The summed E-state index contributed by atoms with van der Waals surface area (Å²) in [5, 5.41) is 10.6. The van der Waals surface area contributed by atoms with E-state index in [0.29, 0.717) is 13.1 Å². The zero-order valence-corrected chi connectivity index (χ0v) is 17.5. The summed E-state index contributed by atoms with van der Waals surface area (Å²) >= 11 is 0. The van der Waals surface area contributed by atoms with Crippen LogP contribution in [0, 0.1) is 6.92 Å². The minimum absolute atomic E-state index is 0. The van der Waals surface area contributed by atoms with E-state index >= 15 is 0 Å². The number of aryl methyl sites for hydroxylation is 2. The lowest BCUT2D eigenvalue weighted by molar-refractivity contribution is 0.224. The van der Waals surface area contributed by atoms with Crippen molar-refractivity contribution >= 4 is 29.9 Å². The van der Waals surface area contributed by atoms with Crippen LogP contribution >= 0.6 is 24.0 Å². The van der Waals surface area contributed by atoms with Crippen LogP contribution in [0.15, 0.2) is 35.6 Å². The Balaban J connectivity index is 0.00000312. The van der Waals surface area contributed by atoms with Crippen LogP contribution in [0.4, 0.5) is 0 Å². The molecule has 0 saturated heterocycles. The number of hydrogen-bond donors (Lipinski definition) is 2. The van der Waals surface area contributed by atoms with E-state index in [2.05, 4.69) is 32.6 Å². The molecular formula is C17H27IN6O. The topological polar surface area (TPSA) is 76.4 Å². The summed E-state index contributed by atoms with van der Waals surface area (Å²) in [6, 6.07) is 8.06. The Bertz CT molecular complexity index is 655. The Kier molecular flexibility index (Phi) is 9.25. The molecule has 2 rings (SSSR count). The molecule has 7 nitrogen and oxygen atoms in total. The number of nitrogens with zero attached hydrogens (tertiary/aromatic N) is 4. The summed E-state index contributed by atoms with van der Waals surface area (Å²) in [4.78, 5) is 8.69. The van der Waals surface area contributed by atoms with E-state index < -0.39 is 0 Å². The predicted octanol–water partition coefficient (Wildman–Crippen LogP) is 2.26. The van der Waals surface area contributed by atoms with Crippen molar-refractivity contribution in [3.05, 3.63) is 42.0 Å². The first kappa shape index (κ1) is 21.2. The molecule has 0 aliphatic rings. The molecule has 1 aromatic heterocycles. The van der Waals surface area contributed by atoms with Crippen molar-refractivity contribution in [1.82, 2.24) is 25.4 Å². The van der Waals surface area contributed by atoms with Gasteiger partial charge in [0.2, 0.25) is 0 Å². The third-order valence-corrected chi connectivity index (χ3v) is 3.44. The third-order valence-electron chi connectivity index (χ3n) is 3.44. The molecule has 0 saturated carbocycles. The number of aliphatic imine (C=N–C) groups is 1. The highest BCUT2D eigenvalue weighted by Crippen LogP contribution is 2.12. The largest absolute Gasteiger partial charge is 0.489 e. The molecule has 1 atom stereocenters. The maximum atomic E-state index is 5.90. The number of aromatic nitrogens is 3. The third kappa shape index (κ3) is 7.29. The highest BCUT2D eigenvalue weighted by molar-refractivity contribution is 14.0. The summed E-state index contributed by atoms with van der Waals surface area (Å²) in [7, 11) is 1.86. The van der Waals surface area contributed by atoms with Gasteiger partial charge in [-0.15, -0.1) is 24.0 Å².